The lowest BCUT2D eigenvalue weighted by molar-refractivity contribution is 0.390. The molecule has 1 aromatic heterocycles. The van der Waals surface area contributed by atoms with E-state index >= 15 is 0 Å². The largest absolute Gasteiger partial charge is 0.480 e. The molecule has 0 bridgehead atoms. The monoisotopic (exact) mass is 252 g/mol. The number of hydrogen-bond acceptors (Lipinski definition) is 4. The van der Waals surface area contributed by atoms with Crippen LogP contribution in [0.25, 0.3) is 0 Å². The van der Waals surface area contributed by atoms with Crippen molar-refractivity contribution in [2.24, 2.45) is 0 Å². The molecule has 2 aromatic rings. The fourth-order valence-electron chi connectivity index (χ4n) is 1.11. The molecule has 3 nitrogen and oxygen atoms in total. The summed E-state index contributed by atoms with van der Waals surface area (Å²) < 4.78 is 4.93. The number of nitrogens with zero attached hydrogens (tertiary/aromatic N) is 2. The minimum atomic E-state index is 0.503. The molecule has 0 aliphatic heterocycles. The van der Waals surface area contributed by atoms with E-state index in [1.165, 1.54) is 11.8 Å². The second-order valence-electron chi connectivity index (χ2n) is 2.95. The number of hydrogen-bond donors (Lipinski definition) is 0. The minimum absolute atomic E-state index is 0.503. The van der Waals surface area contributed by atoms with Crippen molar-refractivity contribution in [2.75, 3.05) is 7.11 Å². The first kappa shape index (κ1) is 11.2. The van der Waals surface area contributed by atoms with Crippen LogP contribution >= 0.6 is 23.4 Å². The third kappa shape index (κ3) is 2.65. The van der Waals surface area contributed by atoms with Gasteiger partial charge in [-0.05, 0) is 18.2 Å². The number of benzene rings is 1. The summed E-state index contributed by atoms with van der Waals surface area (Å²) in [5, 5.41) is 9.40. The molecule has 0 N–H and O–H groups in total. The molecule has 2 rings (SSSR count). The zero-order chi connectivity index (χ0) is 11.4. The van der Waals surface area contributed by atoms with Crippen molar-refractivity contribution in [3.8, 4) is 5.88 Å². The quantitative estimate of drug-likeness (QED) is 0.840. The maximum atomic E-state index is 6.04. The van der Waals surface area contributed by atoms with Gasteiger partial charge in [-0.3, -0.25) is 0 Å². The Morgan fingerprint density at radius 1 is 1.12 bits per heavy atom. The summed E-state index contributed by atoms with van der Waals surface area (Å²) in [6.45, 7) is 0. The lowest BCUT2D eigenvalue weighted by Crippen LogP contribution is -1.90. The first-order chi connectivity index (χ1) is 7.79. The van der Waals surface area contributed by atoms with Gasteiger partial charge >= 0.3 is 0 Å². The second-order valence-corrected chi connectivity index (χ2v) is 4.42. The fourth-order valence-corrected chi connectivity index (χ4v) is 2.12. The number of ether oxygens (including phenoxy) is 1. The lowest BCUT2D eigenvalue weighted by atomic mass is 10.4. The first-order valence-electron chi connectivity index (χ1n) is 4.59. The van der Waals surface area contributed by atoms with Crippen molar-refractivity contribution < 1.29 is 4.74 Å². The highest BCUT2D eigenvalue weighted by molar-refractivity contribution is 7.99. The smallest absolute Gasteiger partial charge is 0.233 e. The van der Waals surface area contributed by atoms with E-state index in [2.05, 4.69) is 10.2 Å². The minimum Gasteiger partial charge on any atom is -0.480 e. The van der Waals surface area contributed by atoms with E-state index in [0.29, 0.717) is 10.9 Å². The van der Waals surface area contributed by atoms with Crippen LogP contribution in [-0.4, -0.2) is 17.3 Å². The highest BCUT2D eigenvalue weighted by atomic mass is 35.5. The maximum absolute atomic E-state index is 6.04. The first-order valence-corrected chi connectivity index (χ1v) is 5.79. The van der Waals surface area contributed by atoms with Crippen molar-refractivity contribution in [3.63, 3.8) is 0 Å². The van der Waals surface area contributed by atoms with E-state index < -0.39 is 0 Å². The van der Waals surface area contributed by atoms with Gasteiger partial charge in [-0.1, -0.05) is 35.5 Å². The summed E-state index contributed by atoms with van der Waals surface area (Å²) in [4.78, 5) is 0.962. The lowest BCUT2D eigenvalue weighted by Gasteiger charge is -2.02. The van der Waals surface area contributed by atoms with E-state index in [4.69, 9.17) is 16.3 Å². The summed E-state index contributed by atoms with van der Waals surface area (Å²) in [6.07, 6.45) is 0. The van der Waals surface area contributed by atoms with Crippen LogP contribution in [0.3, 0.4) is 0 Å². The van der Waals surface area contributed by atoms with E-state index in [-0.39, 0.29) is 0 Å². The topological polar surface area (TPSA) is 35.0 Å². The molecule has 0 saturated carbocycles. The Kier molecular flexibility index (Phi) is 3.64. The molecule has 16 heavy (non-hydrogen) atoms. The molecule has 0 aliphatic carbocycles. The van der Waals surface area contributed by atoms with E-state index in [0.717, 1.165) is 9.92 Å². The van der Waals surface area contributed by atoms with Crippen LogP contribution in [0.4, 0.5) is 0 Å². The Bertz CT molecular complexity index is 476. The third-order valence-corrected chi connectivity index (χ3v) is 3.32. The maximum Gasteiger partial charge on any atom is 0.233 e. The molecular weight excluding hydrogens is 244 g/mol. The SMILES string of the molecule is COc1ccc(Sc2ccccc2Cl)nn1. The summed E-state index contributed by atoms with van der Waals surface area (Å²) in [5.41, 5.74) is 0. The van der Waals surface area contributed by atoms with Gasteiger partial charge in [0.15, 0.2) is 0 Å². The molecule has 82 valence electrons. The Morgan fingerprint density at radius 2 is 1.94 bits per heavy atom. The van der Waals surface area contributed by atoms with E-state index in [9.17, 15) is 0 Å². The number of methoxy groups -OCH3 is 1. The van der Waals surface area contributed by atoms with Crippen LogP contribution in [0, 0.1) is 0 Å². The Hall–Kier alpha value is -1.26. The van der Waals surface area contributed by atoms with Gasteiger partial charge in [-0.2, -0.15) is 0 Å². The van der Waals surface area contributed by atoms with E-state index in [1.54, 1.807) is 13.2 Å². The molecule has 1 heterocycles. The molecule has 0 atom stereocenters. The van der Waals surface area contributed by atoms with Gasteiger partial charge in [0.25, 0.3) is 0 Å². The van der Waals surface area contributed by atoms with Crippen molar-refractivity contribution in [3.05, 3.63) is 41.4 Å². The predicted molar refractivity (Wildman–Crippen MR) is 64.2 cm³/mol. The standard InChI is InChI=1S/C11H9ClN2OS/c1-15-10-6-7-11(14-13-10)16-9-5-3-2-4-8(9)12/h2-7H,1H3. The number of rotatable bonds is 3. The van der Waals surface area contributed by atoms with Crippen LogP contribution in [0.2, 0.25) is 5.02 Å². The molecule has 0 aliphatic rings. The fraction of sp³-hybridized carbons (Fsp3) is 0.0909. The highest BCUT2D eigenvalue weighted by Crippen LogP contribution is 2.31. The Balaban J connectivity index is 2.18. The molecular formula is C11H9ClN2OS. The summed E-state index contributed by atoms with van der Waals surface area (Å²) >= 11 is 7.51. The summed E-state index contributed by atoms with van der Waals surface area (Å²) in [7, 11) is 1.56. The van der Waals surface area contributed by atoms with Gasteiger partial charge < -0.3 is 4.74 Å². The van der Waals surface area contributed by atoms with Gasteiger partial charge in [0.2, 0.25) is 5.88 Å². The molecule has 1 aromatic carbocycles. The van der Waals surface area contributed by atoms with Crippen molar-refractivity contribution in [2.45, 2.75) is 9.92 Å². The van der Waals surface area contributed by atoms with Crippen molar-refractivity contribution in [1.29, 1.82) is 0 Å². The third-order valence-electron chi connectivity index (χ3n) is 1.88. The Labute approximate surface area is 103 Å². The van der Waals surface area contributed by atoms with Crippen LogP contribution in [0.1, 0.15) is 0 Å². The highest BCUT2D eigenvalue weighted by Gasteiger charge is 2.03. The van der Waals surface area contributed by atoms with Gasteiger partial charge in [0, 0.05) is 11.0 Å². The number of halogens is 1. The summed E-state index contributed by atoms with van der Waals surface area (Å²) in [5.74, 6) is 0.503. The molecule has 0 radical (unpaired) electrons. The molecule has 0 fully saturated rings. The van der Waals surface area contributed by atoms with Crippen molar-refractivity contribution >= 4 is 23.4 Å². The normalized spacial score (nSPS) is 10.1. The molecule has 0 spiro atoms. The molecule has 5 heteroatoms. The van der Waals surface area contributed by atoms with Gasteiger partial charge in [-0.15, -0.1) is 10.2 Å². The zero-order valence-electron chi connectivity index (χ0n) is 8.55. The molecule has 0 unspecified atom stereocenters. The second kappa shape index (κ2) is 5.18. The van der Waals surface area contributed by atoms with E-state index in [1.807, 2.05) is 30.3 Å². The predicted octanol–water partition coefficient (Wildman–Crippen LogP) is 3.29. The number of aromatic nitrogens is 2. The Morgan fingerprint density at radius 3 is 2.56 bits per heavy atom. The van der Waals surface area contributed by atoms with Crippen LogP contribution in [-0.2, 0) is 0 Å². The average Bonchev–Trinajstić information content (AvgIpc) is 2.33. The summed E-state index contributed by atoms with van der Waals surface area (Å²) in [6, 6.07) is 11.2. The van der Waals surface area contributed by atoms with Gasteiger partial charge in [0.05, 0.1) is 12.1 Å². The van der Waals surface area contributed by atoms with Gasteiger partial charge in [0.1, 0.15) is 5.03 Å². The average molecular weight is 253 g/mol. The van der Waals surface area contributed by atoms with Crippen LogP contribution in [0.15, 0.2) is 46.3 Å². The van der Waals surface area contributed by atoms with Crippen molar-refractivity contribution in [1.82, 2.24) is 10.2 Å². The van der Waals surface area contributed by atoms with Crippen LogP contribution < -0.4 is 4.74 Å². The molecule has 0 amide bonds. The molecule has 0 saturated heterocycles. The van der Waals surface area contributed by atoms with Crippen LogP contribution in [0.5, 0.6) is 5.88 Å². The zero-order valence-corrected chi connectivity index (χ0v) is 10.1. The van der Waals surface area contributed by atoms with Gasteiger partial charge in [-0.25, -0.2) is 0 Å².